The Morgan fingerprint density at radius 2 is 2.12 bits per heavy atom. The highest BCUT2D eigenvalue weighted by Crippen LogP contribution is 2.41. The second-order valence-corrected chi connectivity index (χ2v) is 5.95. The number of allylic oxidation sites excluding steroid dienone is 1. The van der Waals surface area contributed by atoms with Crippen molar-refractivity contribution in [1.82, 2.24) is 5.32 Å². The molecule has 8 heteroatoms. The summed E-state index contributed by atoms with van der Waals surface area (Å²) in [6.45, 7) is 1.86. The molecular weight excluding hydrogens is 360 g/mol. The first kappa shape index (κ1) is 15.9. The lowest BCUT2D eigenvalue weighted by Crippen LogP contribution is -2.34. The van der Waals surface area contributed by atoms with Gasteiger partial charge in [0, 0.05) is 17.3 Å². The average Bonchev–Trinajstić information content (AvgIpc) is 2.59. The number of carbonyl (C=O) groups excluding carboxylic acids is 1. The van der Waals surface area contributed by atoms with Gasteiger partial charge in [-0.2, -0.15) is 0 Å². The molecule has 0 aromatic heterocycles. The number of methoxy groups -OCH3 is 1. The number of carbonyl (C=O) groups is 2. The Hall–Kier alpha value is -2.35. The van der Waals surface area contributed by atoms with Crippen molar-refractivity contribution in [1.29, 1.82) is 0 Å². The molecule has 0 fully saturated rings. The van der Waals surface area contributed by atoms with E-state index in [2.05, 4.69) is 10.1 Å². The van der Waals surface area contributed by atoms with Gasteiger partial charge < -0.3 is 25.6 Å². The van der Waals surface area contributed by atoms with Crippen LogP contribution in [0.25, 0.3) is 0 Å². The van der Waals surface area contributed by atoms with E-state index in [9.17, 15) is 14.7 Å². The number of ether oxygens (including phenoxy) is 2. The Morgan fingerprint density at radius 1 is 1.38 bits per heavy atom. The molecule has 0 bridgehead atoms. The van der Waals surface area contributed by atoms with E-state index in [1.165, 1.54) is 6.92 Å². The Morgan fingerprint density at radius 3 is 2.73 bits per heavy atom. The third-order valence-corrected chi connectivity index (χ3v) is 4.26. The molecule has 1 unspecified atom stereocenters. The van der Waals surface area contributed by atoms with E-state index in [-0.39, 0.29) is 47.3 Å². The normalized spacial score (nSPS) is 19.3. The van der Waals surface area contributed by atoms with E-state index in [1.807, 2.05) is 0 Å². The topological polar surface area (TPSA) is 111 Å². The highest BCUT2D eigenvalue weighted by Gasteiger charge is 2.38. The van der Waals surface area contributed by atoms with E-state index < -0.39 is 24.9 Å². The molecule has 0 saturated carbocycles. The molecule has 1 aliphatic heterocycles. The van der Waals surface area contributed by atoms with Gasteiger partial charge in [-0.15, -0.1) is 0 Å². The minimum absolute atomic E-state index is 0.0985. The summed E-state index contributed by atoms with van der Waals surface area (Å²) in [4.78, 5) is 24.8. The van der Waals surface area contributed by atoms with Crippen LogP contribution in [0.3, 0.4) is 0 Å². The summed E-state index contributed by atoms with van der Waals surface area (Å²) in [5.74, 6) is -3.64. The lowest BCUT2D eigenvalue weighted by atomic mass is 9.80. The number of benzene rings is 1. The van der Waals surface area contributed by atoms with E-state index in [1.54, 1.807) is 24.3 Å². The third-order valence-electron chi connectivity index (χ3n) is 3.91. The number of carboxylic acid groups (broad SMARTS) is 1. The second-order valence-electron chi connectivity index (χ2n) is 5.55. The van der Waals surface area contributed by atoms with Crippen molar-refractivity contribution < 1.29 is 28.3 Å². The second kappa shape index (κ2) is 8.84. The quantitative estimate of drug-likeness (QED) is 0.486. The number of nitrogens with one attached hydrogen (secondary N) is 1. The molecule has 0 amide bonds. The van der Waals surface area contributed by atoms with E-state index in [0.29, 0.717) is 5.56 Å². The molecule has 0 radical (unpaired) electrons. The van der Waals surface area contributed by atoms with Crippen LogP contribution in [-0.4, -0.2) is 43.8 Å². The summed E-state index contributed by atoms with van der Waals surface area (Å²) < 4.78 is 31.6. The van der Waals surface area contributed by atoms with Crippen LogP contribution in [0.4, 0.5) is 0 Å². The van der Waals surface area contributed by atoms with Crippen molar-refractivity contribution in [2.75, 3.05) is 26.8 Å². The number of dihydropyridines is 1. The Balaban J connectivity index is 2.64. The number of nitrogens with two attached hydrogens (primary N) is 1. The Labute approximate surface area is 160 Å². The highest BCUT2D eigenvalue weighted by molar-refractivity contribution is 6.31. The standard InChI is InChI=1S/C18H21ClN2O5/c1-10-14(18(24)25-2)15(11-5-3-4-6-12(11)19)16(17(22)23)13(21-10)9-26-8-7-20/h3-6,15,21H,7-9,20H2,1-2H3,(H,22,23)/i2D3. The van der Waals surface area contributed by atoms with Gasteiger partial charge in [0.25, 0.3) is 0 Å². The number of halogens is 1. The maximum absolute atomic E-state index is 12.7. The molecule has 0 spiro atoms. The van der Waals surface area contributed by atoms with Gasteiger partial charge in [-0.05, 0) is 18.6 Å². The van der Waals surface area contributed by atoms with Gasteiger partial charge >= 0.3 is 11.9 Å². The molecule has 140 valence electrons. The van der Waals surface area contributed by atoms with Crippen LogP contribution in [0, 0.1) is 0 Å². The smallest absolute Gasteiger partial charge is 0.336 e. The fraction of sp³-hybridized carbons (Fsp3) is 0.333. The molecule has 0 saturated heterocycles. The third kappa shape index (κ3) is 4.07. The number of carboxylic acids is 1. The van der Waals surface area contributed by atoms with Gasteiger partial charge in [0.15, 0.2) is 0 Å². The maximum atomic E-state index is 12.7. The van der Waals surface area contributed by atoms with E-state index in [0.717, 1.165) is 0 Å². The van der Waals surface area contributed by atoms with Crippen LogP contribution in [0.5, 0.6) is 0 Å². The van der Waals surface area contributed by atoms with Crippen LogP contribution in [0.15, 0.2) is 46.8 Å². The van der Waals surface area contributed by atoms with Crippen molar-refractivity contribution in [2.24, 2.45) is 5.73 Å². The molecule has 1 aliphatic rings. The van der Waals surface area contributed by atoms with Crippen molar-refractivity contribution in [3.8, 4) is 0 Å². The average molecular weight is 384 g/mol. The summed E-state index contributed by atoms with van der Waals surface area (Å²) in [5.41, 5.74) is 5.82. The molecule has 4 N–H and O–H groups in total. The van der Waals surface area contributed by atoms with Gasteiger partial charge in [-0.25, -0.2) is 9.59 Å². The lowest BCUT2D eigenvalue weighted by molar-refractivity contribution is -0.136. The Kier molecular flexibility index (Phi) is 5.40. The SMILES string of the molecule is [2H]C([2H])([2H])OC(=O)C1=C(C)NC(COCCN)=C(C(=O)O)C1c1ccccc1Cl. The predicted molar refractivity (Wildman–Crippen MR) is 96.6 cm³/mol. The summed E-state index contributed by atoms with van der Waals surface area (Å²) in [6.07, 6.45) is 0. The highest BCUT2D eigenvalue weighted by atomic mass is 35.5. The molecular formula is C18H21ClN2O5. The van der Waals surface area contributed by atoms with Gasteiger partial charge in [-0.3, -0.25) is 0 Å². The van der Waals surface area contributed by atoms with Crippen molar-refractivity contribution in [3.05, 3.63) is 57.4 Å². The van der Waals surface area contributed by atoms with Crippen molar-refractivity contribution >= 4 is 23.5 Å². The number of rotatable bonds is 7. The van der Waals surface area contributed by atoms with Crippen LogP contribution in [0.1, 0.15) is 22.5 Å². The summed E-state index contributed by atoms with van der Waals surface area (Å²) >= 11 is 6.28. The molecule has 2 rings (SSSR count). The zero-order chi connectivity index (χ0) is 21.8. The molecule has 7 nitrogen and oxygen atoms in total. The minimum atomic E-state index is -2.99. The maximum Gasteiger partial charge on any atom is 0.336 e. The van der Waals surface area contributed by atoms with Crippen molar-refractivity contribution in [3.63, 3.8) is 0 Å². The molecule has 1 aromatic rings. The summed E-state index contributed by atoms with van der Waals surface area (Å²) in [5, 5.41) is 12.9. The fourth-order valence-corrected chi connectivity index (χ4v) is 3.11. The number of esters is 1. The van der Waals surface area contributed by atoms with Crippen LogP contribution >= 0.6 is 11.6 Å². The molecule has 1 heterocycles. The molecule has 1 aromatic carbocycles. The van der Waals surface area contributed by atoms with Gasteiger partial charge in [-0.1, -0.05) is 29.8 Å². The first-order valence-electron chi connectivity index (χ1n) is 9.26. The first-order chi connectivity index (χ1) is 13.6. The van der Waals surface area contributed by atoms with Gasteiger partial charge in [0.05, 0.1) is 47.1 Å². The monoisotopic (exact) mass is 383 g/mol. The zero-order valence-electron chi connectivity index (χ0n) is 17.0. The van der Waals surface area contributed by atoms with Gasteiger partial charge in [0.1, 0.15) is 0 Å². The summed E-state index contributed by atoms with van der Waals surface area (Å²) in [6, 6.07) is 6.40. The lowest BCUT2D eigenvalue weighted by Gasteiger charge is -2.31. The molecule has 26 heavy (non-hydrogen) atoms. The van der Waals surface area contributed by atoms with Crippen LogP contribution < -0.4 is 11.1 Å². The molecule has 0 aliphatic carbocycles. The molecule has 1 atom stereocenters. The minimum Gasteiger partial charge on any atom is -0.478 e. The predicted octanol–water partition coefficient (Wildman–Crippen LogP) is 1.79. The van der Waals surface area contributed by atoms with Crippen LogP contribution in [0.2, 0.25) is 5.02 Å². The zero-order valence-corrected chi connectivity index (χ0v) is 14.8. The van der Waals surface area contributed by atoms with E-state index in [4.69, 9.17) is 26.2 Å². The van der Waals surface area contributed by atoms with E-state index >= 15 is 0 Å². The Bertz CT molecular complexity index is 867. The fourth-order valence-electron chi connectivity index (χ4n) is 2.87. The van der Waals surface area contributed by atoms with Gasteiger partial charge in [0.2, 0.25) is 0 Å². The number of hydrogen-bond donors (Lipinski definition) is 3. The number of aliphatic carboxylic acids is 1. The largest absolute Gasteiger partial charge is 0.478 e. The number of hydrogen-bond acceptors (Lipinski definition) is 6. The summed E-state index contributed by atoms with van der Waals surface area (Å²) in [7, 11) is -2.99. The van der Waals surface area contributed by atoms with Crippen molar-refractivity contribution in [2.45, 2.75) is 12.8 Å². The van der Waals surface area contributed by atoms with Crippen LogP contribution in [-0.2, 0) is 19.1 Å². The first-order valence-corrected chi connectivity index (χ1v) is 8.14.